The van der Waals surface area contributed by atoms with Crippen LogP contribution in [-0.4, -0.2) is 22.4 Å². The minimum absolute atomic E-state index is 0.381. The summed E-state index contributed by atoms with van der Waals surface area (Å²) in [6, 6.07) is 9.84. The highest BCUT2D eigenvalue weighted by Gasteiger charge is 2.10. The van der Waals surface area contributed by atoms with Crippen molar-refractivity contribution in [2.45, 2.75) is 38.4 Å². The van der Waals surface area contributed by atoms with E-state index in [1.54, 1.807) is 0 Å². The lowest BCUT2D eigenvalue weighted by atomic mass is 10.0. The van der Waals surface area contributed by atoms with E-state index in [2.05, 4.69) is 0 Å². The zero-order valence-corrected chi connectivity index (χ0v) is 8.56. The van der Waals surface area contributed by atoms with Crippen LogP contribution in [0, 0.1) is 0 Å². The van der Waals surface area contributed by atoms with Crippen LogP contribution in [0.2, 0.25) is 0 Å². The van der Waals surface area contributed by atoms with Crippen LogP contribution in [-0.2, 0) is 6.42 Å². The summed E-state index contributed by atoms with van der Waals surface area (Å²) in [5, 5.41) is 19.0. The van der Waals surface area contributed by atoms with E-state index >= 15 is 0 Å². The minimum atomic E-state index is -0.438. The third-order valence-electron chi connectivity index (χ3n) is 2.33. The smallest absolute Gasteiger partial charge is 0.0605 e. The molecule has 0 heterocycles. The molecule has 0 unspecified atom stereocenters. The second-order valence-corrected chi connectivity index (χ2v) is 3.64. The molecule has 0 aliphatic carbocycles. The van der Waals surface area contributed by atoms with Gasteiger partial charge in [0.05, 0.1) is 12.2 Å². The maximum atomic E-state index is 9.64. The topological polar surface area (TPSA) is 40.5 Å². The van der Waals surface area contributed by atoms with Crippen molar-refractivity contribution in [1.82, 2.24) is 0 Å². The number of hydrogen-bond donors (Lipinski definition) is 2. The monoisotopic (exact) mass is 194 g/mol. The number of aliphatic hydroxyl groups excluding tert-OH is 2. The van der Waals surface area contributed by atoms with Crippen molar-refractivity contribution >= 4 is 0 Å². The predicted octanol–water partition coefficient (Wildman–Crippen LogP) is 1.75. The Balaban J connectivity index is 2.37. The molecule has 0 spiro atoms. The van der Waals surface area contributed by atoms with E-state index in [9.17, 15) is 10.2 Å². The van der Waals surface area contributed by atoms with Gasteiger partial charge in [-0.05, 0) is 24.8 Å². The predicted molar refractivity (Wildman–Crippen MR) is 57.1 cm³/mol. The molecule has 0 amide bonds. The van der Waals surface area contributed by atoms with Crippen molar-refractivity contribution in [3.05, 3.63) is 35.9 Å². The lowest BCUT2D eigenvalue weighted by molar-refractivity contribution is 0.0787. The fourth-order valence-electron chi connectivity index (χ4n) is 1.45. The van der Waals surface area contributed by atoms with Crippen LogP contribution in [0.1, 0.15) is 25.3 Å². The van der Waals surface area contributed by atoms with Crippen molar-refractivity contribution in [3.8, 4) is 0 Å². The molecule has 0 aliphatic heterocycles. The SMILES string of the molecule is CC[C@@H](O)C[C@@H](O)Cc1ccccc1. The summed E-state index contributed by atoms with van der Waals surface area (Å²) >= 11 is 0. The zero-order chi connectivity index (χ0) is 10.4. The molecular formula is C12H18O2. The molecule has 2 heteroatoms. The molecule has 1 rings (SSSR count). The van der Waals surface area contributed by atoms with Gasteiger partial charge in [0.15, 0.2) is 0 Å². The van der Waals surface area contributed by atoms with Gasteiger partial charge in [-0.1, -0.05) is 37.3 Å². The molecule has 78 valence electrons. The third-order valence-corrected chi connectivity index (χ3v) is 2.33. The summed E-state index contributed by atoms with van der Waals surface area (Å²) in [4.78, 5) is 0. The molecule has 0 saturated heterocycles. The molecule has 2 nitrogen and oxygen atoms in total. The Labute approximate surface area is 85.2 Å². The number of hydrogen-bond acceptors (Lipinski definition) is 2. The summed E-state index contributed by atoms with van der Waals surface area (Å²) in [7, 11) is 0. The number of aliphatic hydroxyl groups is 2. The van der Waals surface area contributed by atoms with Gasteiger partial charge in [-0.3, -0.25) is 0 Å². The highest BCUT2D eigenvalue weighted by atomic mass is 16.3. The van der Waals surface area contributed by atoms with E-state index in [0.717, 1.165) is 5.56 Å². The summed E-state index contributed by atoms with van der Waals surface area (Å²) < 4.78 is 0. The van der Waals surface area contributed by atoms with E-state index < -0.39 is 6.10 Å². The first kappa shape index (κ1) is 11.2. The second kappa shape index (κ2) is 5.78. The van der Waals surface area contributed by atoms with Crippen LogP contribution in [0.15, 0.2) is 30.3 Å². The van der Waals surface area contributed by atoms with E-state index in [1.165, 1.54) is 0 Å². The molecule has 0 aliphatic rings. The van der Waals surface area contributed by atoms with Crippen molar-refractivity contribution in [1.29, 1.82) is 0 Å². The Kier molecular flexibility index (Phi) is 4.63. The second-order valence-electron chi connectivity index (χ2n) is 3.64. The van der Waals surface area contributed by atoms with Gasteiger partial charge in [0.1, 0.15) is 0 Å². The highest BCUT2D eigenvalue weighted by Crippen LogP contribution is 2.08. The van der Waals surface area contributed by atoms with Crippen molar-refractivity contribution in [2.75, 3.05) is 0 Å². The molecule has 0 bridgehead atoms. The largest absolute Gasteiger partial charge is 0.393 e. The maximum absolute atomic E-state index is 9.64. The van der Waals surface area contributed by atoms with Crippen LogP contribution in [0.3, 0.4) is 0 Å². The Bertz CT molecular complexity index is 246. The Morgan fingerprint density at radius 1 is 1.07 bits per heavy atom. The zero-order valence-electron chi connectivity index (χ0n) is 8.56. The van der Waals surface area contributed by atoms with Crippen LogP contribution < -0.4 is 0 Å². The van der Waals surface area contributed by atoms with Crippen molar-refractivity contribution < 1.29 is 10.2 Å². The lowest BCUT2D eigenvalue weighted by Crippen LogP contribution is -2.18. The van der Waals surface area contributed by atoms with E-state index in [4.69, 9.17) is 0 Å². The van der Waals surface area contributed by atoms with E-state index in [0.29, 0.717) is 19.3 Å². The van der Waals surface area contributed by atoms with Gasteiger partial charge in [0, 0.05) is 0 Å². The maximum Gasteiger partial charge on any atom is 0.0605 e. The molecule has 2 atom stereocenters. The molecule has 2 N–H and O–H groups in total. The van der Waals surface area contributed by atoms with Gasteiger partial charge < -0.3 is 10.2 Å². The van der Waals surface area contributed by atoms with Crippen molar-refractivity contribution in [3.63, 3.8) is 0 Å². The van der Waals surface area contributed by atoms with Gasteiger partial charge in [0.25, 0.3) is 0 Å². The summed E-state index contributed by atoms with van der Waals surface area (Å²) in [6.45, 7) is 1.92. The van der Waals surface area contributed by atoms with Gasteiger partial charge in [-0.2, -0.15) is 0 Å². The van der Waals surface area contributed by atoms with Crippen LogP contribution >= 0.6 is 0 Å². The van der Waals surface area contributed by atoms with Gasteiger partial charge in [0.2, 0.25) is 0 Å². The average molecular weight is 194 g/mol. The van der Waals surface area contributed by atoms with Crippen LogP contribution in [0.4, 0.5) is 0 Å². The fraction of sp³-hybridized carbons (Fsp3) is 0.500. The van der Waals surface area contributed by atoms with Crippen LogP contribution in [0.25, 0.3) is 0 Å². The van der Waals surface area contributed by atoms with Crippen molar-refractivity contribution in [2.24, 2.45) is 0 Å². The lowest BCUT2D eigenvalue weighted by Gasteiger charge is -2.13. The van der Waals surface area contributed by atoms with E-state index in [-0.39, 0.29) is 6.10 Å². The molecule has 14 heavy (non-hydrogen) atoms. The van der Waals surface area contributed by atoms with Gasteiger partial charge >= 0.3 is 0 Å². The standard InChI is InChI=1S/C12H18O2/c1-2-11(13)9-12(14)8-10-6-4-3-5-7-10/h3-7,11-14H,2,8-9H2,1H3/t11-,12+/m1/s1. The molecule has 0 aromatic heterocycles. The molecule has 0 radical (unpaired) electrons. The van der Waals surface area contributed by atoms with E-state index in [1.807, 2.05) is 37.3 Å². The normalized spacial score (nSPS) is 15.1. The Hall–Kier alpha value is -0.860. The first-order valence-electron chi connectivity index (χ1n) is 5.12. The average Bonchev–Trinajstić information content (AvgIpc) is 2.19. The van der Waals surface area contributed by atoms with Crippen LogP contribution in [0.5, 0.6) is 0 Å². The quantitative estimate of drug-likeness (QED) is 0.749. The summed E-state index contributed by atoms with van der Waals surface area (Å²) in [5.41, 5.74) is 1.11. The first-order chi connectivity index (χ1) is 6.72. The third kappa shape index (κ3) is 3.90. The molecule has 0 saturated carbocycles. The fourth-order valence-corrected chi connectivity index (χ4v) is 1.45. The molecule has 1 aromatic carbocycles. The Morgan fingerprint density at radius 3 is 2.29 bits per heavy atom. The molecule has 0 fully saturated rings. The minimum Gasteiger partial charge on any atom is -0.393 e. The number of rotatable bonds is 5. The highest BCUT2D eigenvalue weighted by molar-refractivity contribution is 5.15. The first-order valence-corrected chi connectivity index (χ1v) is 5.12. The molecule has 1 aromatic rings. The number of benzene rings is 1. The molecular weight excluding hydrogens is 176 g/mol. The summed E-state index contributed by atoms with van der Waals surface area (Å²) in [5.74, 6) is 0. The van der Waals surface area contributed by atoms with Gasteiger partial charge in [-0.15, -0.1) is 0 Å². The Morgan fingerprint density at radius 2 is 1.71 bits per heavy atom. The van der Waals surface area contributed by atoms with Gasteiger partial charge in [-0.25, -0.2) is 0 Å². The summed E-state index contributed by atoms with van der Waals surface area (Å²) in [6.07, 6.45) is 0.968.